The smallest absolute Gasteiger partial charge is 0.255 e. The third kappa shape index (κ3) is 2.95. The Balaban J connectivity index is 2.17. The third-order valence-corrected chi connectivity index (χ3v) is 2.60. The number of nitrogen functional groups attached to an aromatic ring is 1. The number of amides is 1. The first kappa shape index (κ1) is 12.8. The number of carbonyl (C=O) groups excluding carboxylic acids is 1. The number of methoxy groups -OCH3 is 1. The maximum Gasteiger partial charge on any atom is 0.255 e. The number of carbonyl (C=O) groups is 1. The Morgan fingerprint density at radius 3 is 2.68 bits per heavy atom. The molecule has 0 saturated carbocycles. The van der Waals surface area contributed by atoms with Crippen LogP contribution in [0.4, 0.5) is 11.4 Å². The number of benzene rings is 2. The van der Waals surface area contributed by atoms with E-state index in [4.69, 9.17) is 10.5 Å². The van der Waals surface area contributed by atoms with Crippen molar-refractivity contribution in [3.63, 3.8) is 0 Å². The summed E-state index contributed by atoms with van der Waals surface area (Å²) in [4.78, 5) is 11.9. The molecule has 0 saturated heterocycles. The summed E-state index contributed by atoms with van der Waals surface area (Å²) in [5.74, 6) is 0.276. The number of anilines is 2. The van der Waals surface area contributed by atoms with E-state index in [1.165, 1.54) is 19.2 Å². The molecule has 0 atom stereocenters. The van der Waals surface area contributed by atoms with Crippen molar-refractivity contribution in [3.05, 3.63) is 48.0 Å². The second-order valence-electron chi connectivity index (χ2n) is 3.96. The maximum absolute atomic E-state index is 11.9. The molecule has 0 unspecified atom stereocenters. The van der Waals surface area contributed by atoms with Crippen molar-refractivity contribution in [1.82, 2.24) is 0 Å². The lowest BCUT2D eigenvalue weighted by Crippen LogP contribution is -2.11. The molecule has 19 heavy (non-hydrogen) atoms. The SMILES string of the molecule is COc1ccc(NC(=O)c2cccc(O)c2)cc1N. The number of aromatic hydroxyl groups is 1. The highest BCUT2D eigenvalue weighted by Crippen LogP contribution is 2.25. The van der Waals surface area contributed by atoms with Gasteiger partial charge in [0.2, 0.25) is 0 Å². The largest absolute Gasteiger partial charge is 0.508 e. The lowest BCUT2D eigenvalue weighted by atomic mass is 10.2. The molecule has 0 aliphatic heterocycles. The molecule has 98 valence electrons. The molecule has 1 amide bonds. The van der Waals surface area contributed by atoms with Gasteiger partial charge in [-0.05, 0) is 36.4 Å². The van der Waals surface area contributed by atoms with Gasteiger partial charge in [-0.15, -0.1) is 0 Å². The van der Waals surface area contributed by atoms with Crippen LogP contribution < -0.4 is 15.8 Å². The molecule has 0 radical (unpaired) electrons. The molecule has 2 rings (SSSR count). The minimum Gasteiger partial charge on any atom is -0.508 e. The van der Waals surface area contributed by atoms with Crippen molar-refractivity contribution in [2.24, 2.45) is 0 Å². The predicted octanol–water partition coefficient (Wildman–Crippen LogP) is 2.24. The quantitative estimate of drug-likeness (QED) is 0.737. The van der Waals surface area contributed by atoms with Crippen LogP contribution in [0.3, 0.4) is 0 Å². The van der Waals surface area contributed by atoms with Crippen LogP contribution >= 0.6 is 0 Å². The molecular formula is C14H14N2O3. The third-order valence-electron chi connectivity index (χ3n) is 2.60. The number of nitrogens with two attached hydrogens (primary N) is 1. The number of phenolic OH excluding ortho intramolecular Hbond substituents is 1. The Kier molecular flexibility index (Phi) is 3.56. The minimum atomic E-state index is -0.319. The van der Waals surface area contributed by atoms with Crippen LogP contribution in [-0.4, -0.2) is 18.1 Å². The van der Waals surface area contributed by atoms with Gasteiger partial charge in [0.15, 0.2) is 0 Å². The monoisotopic (exact) mass is 258 g/mol. The molecule has 4 N–H and O–H groups in total. The first-order chi connectivity index (χ1) is 9.10. The Morgan fingerprint density at radius 1 is 1.26 bits per heavy atom. The molecule has 0 heterocycles. The van der Waals surface area contributed by atoms with E-state index in [2.05, 4.69) is 5.32 Å². The van der Waals surface area contributed by atoms with Gasteiger partial charge in [-0.1, -0.05) is 6.07 Å². The van der Waals surface area contributed by atoms with Crippen LogP contribution in [0, 0.1) is 0 Å². The molecule has 0 bridgehead atoms. The zero-order chi connectivity index (χ0) is 13.8. The summed E-state index contributed by atoms with van der Waals surface area (Å²) in [5.41, 5.74) is 7.13. The van der Waals surface area contributed by atoms with E-state index in [0.29, 0.717) is 22.7 Å². The number of ether oxygens (including phenoxy) is 1. The van der Waals surface area contributed by atoms with Gasteiger partial charge in [0.05, 0.1) is 12.8 Å². The Bertz CT molecular complexity index is 611. The van der Waals surface area contributed by atoms with Crippen LogP contribution in [-0.2, 0) is 0 Å². The average molecular weight is 258 g/mol. The minimum absolute atomic E-state index is 0.0434. The van der Waals surface area contributed by atoms with E-state index in [0.717, 1.165) is 0 Å². The molecule has 0 aromatic heterocycles. The summed E-state index contributed by atoms with van der Waals surface area (Å²) in [6.07, 6.45) is 0. The molecule has 2 aromatic carbocycles. The fraction of sp³-hybridized carbons (Fsp3) is 0.0714. The standard InChI is InChI=1S/C14H14N2O3/c1-19-13-6-5-10(8-12(13)15)16-14(18)9-3-2-4-11(17)7-9/h2-8,17H,15H2,1H3,(H,16,18). The number of phenols is 1. The molecule has 0 aliphatic carbocycles. The maximum atomic E-state index is 11.9. The topological polar surface area (TPSA) is 84.6 Å². The molecule has 0 aliphatic rings. The summed E-state index contributed by atoms with van der Waals surface area (Å²) < 4.78 is 5.03. The fourth-order valence-corrected chi connectivity index (χ4v) is 1.66. The highest BCUT2D eigenvalue weighted by molar-refractivity contribution is 6.04. The van der Waals surface area contributed by atoms with Gasteiger partial charge in [0.1, 0.15) is 11.5 Å². The van der Waals surface area contributed by atoms with Gasteiger partial charge in [-0.2, -0.15) is 0 Å². The lowest BCUT2D eigenvalue weighted by molar-refractivity contribution is 0.102. The van der Waals surface area contributed by atoms with Crippen molar-refractivity contribution in [2.75, 3.05) is 18.2 Å². The van der Waals surface area contributed by atoms with Crippen LogP contribution in [0.15, 0.2) is 42.5 Å². The number of hydrogen-bond donors (Lipinski definition) is 3. The van der Waals surface area contributed by atoms with Crippen molar-refractivity contribution in [2.45, 2.75) is 0 Å². The van der Waals surface area contributed by atoms with E-state index in [-0.39, 0.29) is 11.7 Å². The van der Waals surface area contributed by atoms with Crippen LogP contribution in [0.1, 0.15) is 10.4 Å². The van der Waals surface area contributed by atoms with Gasteiger partial charge in [0.25, 0.3) is 5.91 Å². The zero-order valence-corrected chi connectivity index (χ0v) is 10.4. The van der Waals surface area contributed by atoms with Crippen LogP contribution in [0.2, 0.25) is 0 Å². The van der Waals surface area contributed by atoms with Gasteiger partial charge in [-0.3, -0.25) is 4.79 Å². The second-order valence-corrected chi connectivity index (χ2v) is 3.96. The van der Waals surface area contributed by atoms with Crippen molar-refractivity contribution >= 4 is 17.3 Å². The van der Waals surface area contributed by atoms with Gasteiger partial charge in [0, 0.05) is 11.3 Å². The summed E-state index contributed by atoms with van der Waals surface area (Å²) in [6, 6.07) is 11.1. The van der Waals surface area contributed by atoms with Gasteiger partial charge in [-0.25, -0.2) is 0 Å². The Hall–Kier alpha value is -2.69. The molecular weight excluding hydrogens is 244 g/mol. The second kappa shape index (κ2) is 5.30. The number of nitrogens with one attached hydrogen (secondary N) is 1. The van der Waals surface area contributed by atoms with Crippen molar-refractivity contribution < 1.29 is 14.6 Å². The molecule has 5 heteroatoms. The van der Waals surface area contributed by atoms with Crippen LogP contribution in [0.5, 0.6) is 11.5 Å². The summed E-state index contributed by atoms with van der Waals surface area (Å²) in [5, 5.41) is 12.0. The Labute approximate surface area is 110 Å². The van der Waals surface area contributed by atoms with Crippen molar-refractivity contribution in [1.29, 1.82) is 0 Å². The number of rotatable bonds is 3. The van der Waals surface area contributed by atoms with Gasteiger partial charge >= 0.3 is 0 Å². The van der Waals surface area contributed by atoms with E-state index in [1.54, 1.807) is 30.3 Å². The summed E-state index contributed by atoms with van der Waals surface area (Å²) in [6.45, 7) is 0. The fourth-order valence-electron chi connectivity index (χ4n) is 1.66. The van der Waals surface area contributed by atoms with Crippen molar-refractivity contribution in [3.8, 4) is 11.5 Å². The van der Waals surface area contributed by atoms with E-state index < -0.39 is 0 Å². The predicted molar refractivity (Wildman–Crippen MR) is 73.5 cm³/mol. The van der Waals surface area contributed by atoms with E-state index in [9.17, 15) is 9.90 Å². The average Bonchev–Trinajstić information content (AvgIpc) is 2.39. The Morgan fingerprint density at radius 2 is 2.05 bits per heavy atom. The lowest BCUT2D eigenvalue weighted by Gasteiger charge is -2.09. The molecule has 0 spiro atoms. The molecule has 0 fully saturated rings. The van der Waals surface area contributed by atoms with E-state index >= 15 is 0 Å². The van der Waals surface area contributed by atoms with Crippen LogP contribution in [0.25, 0.3) is 0 Å². The molecule has 2 aromatic rings. The molecule has 5 nitrogen and oxygen atoms in total. The first-order valence-corrected chi connectivity index (χ1v) is 5.64. The summed E-state index contributed by atoms with van der Waals surface area (Å²) in [7, 11) is 1.52. The highest BCUT2D eigenvalue weighted by atomic mass is 16.5. The zero-order valence-electron chi connectivity index (χ0n) is 10.4. The first-order valence-electron chi connectivity index (χ1n) is 5.64. The normalized spacial score (nSPS) is 9.95. The summed E-state index contributed by atoms with van der Waals surface area (Å²) >= 11 is 0. The van der Waals surface area contributed by atoms with Gasteiger partial charge < -0.3 is 20.9 Å². The van der Waals surface area contributed by atoms with E-state index in [1.807, 2.05) is 0 Å². The highest BCUT2D eigenvalue weighted by Gasteiger charge is 2.08. The number of hydrogen-bond acceptors (Lipinski definition) is 4.